The molecular weight excluding hydrogens is 434 g/mol. The summed E-state index contributed by atoms with van der Waals surface area (Å²) in [6, 6.07) is 17.2. The first-order valence-electron chi connectivity index (χ1n) is 9.02. The highest BCUT2D eigenvalue weighted by Gasteiger charge is 2.42. The maximum Gasteiger partial charge on any atom is 0.213 e. The number of halogens is 4. The molecule has 0 aliphatic carbocycles. The fraction of sp³-hybridized carbons (Fsp3) is 0.136. The second kappa shape index (κ2) is 7.21. The van der Waals surface area contributed by atoms with Crippen molar-refractivity contribution in [2.45, 2.75) is 18.7 Å². The average Bonchev–Trinajstić information content (AvgIpc) is 3.14. The fourth-order valence-electron chi connectivity index (χ4n) is 3.78. The molecule has 0 saturated heterocycles. The average molecular weight is 448 g/mol. The van der Waals surface area contributed by atoms with E-state index in [9.17, 15) is 4.39 Å². The Labute approximate surface area is 182 Å². The molecule has 3 nitrogen and oxygen atoms in total. The van der Waals surface area contributed by atoms with E-state index in [4.69, 9.17) is 44.6 Å². The molecule has 2 aliphatic heterocycles. The van der Waals surface area contributed by atoms with Crippen molar-refractivity contribution in [3.63, 3.8) is 0 Å². The summed E-state index contributed by atoms with van der Waals surface area (Å²) in [6.45, 7) is 0. The number of rotatable bonds is 2. The van der Waals surface area contributed by atoms with E-state index in [1.54, 1.807) is 18.2 Å². The molecule has 0 N–H and O–H groups in total. The molecule has 2 atom stereocenters. The van der Waals surface area contributed by atoms with Crippen molar-refractivity contribution < 1.29 is 9.13 Å². The van der Waals surface area contributed by atoms with Crippen molar-refractivity contribution in [3.05, 3.63) is 98.2 Å². The summed E-state index contributed by atoms with van der Waals surface area (Å²) in [4.78, 5) is 0. The van der Waals surface area contributed by atoms with Gasteiger partial charge in [0.15, 0.2) is 0 Å². The summed E-state index contributed by atoms with van der Waals surface area (Å²) in [5.74, 6) is 0.275. The van der Waals surface area contributed by atoms with Crippen LogP contribution in [-0.4, -0.2) is 10.7 Å². The van der Waals surface area contributed by atoms with E-state index in [1.807, 2.05) is 35.3 Å². The standard InChI is InChI=1S/C22H14Cl3FN2O/c23-14-5-1-12(2-6-14)19-11-20-17-9-15(24)10-18(25)21(17)29-22(28(20)27-19)13-3-7-16(26)8-4-13/h1-10,20,22H,11H2/t20-,22-/m0/s1. The summed E-state index contributed by atoms with van der Waals surface area (Å²) >= 11 is 18.7. The van der Waals surface area contributed by atoms with Crippen LogP contribution in [0.5, 0.6) is 5.75 Å². The van der Waals surface area contributed by atoms with Gasteiger partial charge in [-0.05, 0) is 42.0 Å². The smallest absolute Gasteiger partial charge is 0.213 e. The van der Waals surface area contributed by atoms with Crippen LogP contribution in [0.15, 0.2) is 65.8 Å². The number of benzene rings is 3. The van der Waals surface area contributed by atoms with Crippen LogP contribution in [0, 0.1) is 5.82 Å². The molecule has 3 aromatic rings. The SMILES string of the molecule is Fc1ccc([C@@H]2Oc3c(Cl)cc(Cl)cc3[C@@H]3CC(c4ccc(Cl)cc4)=NN32)cc1. The van der Waals surface area contributed by atoms with Gasteiger partial charge >= 0.3 is 0 Å². The molecule has 7 heteroatoms. The van der Waals surface area contributed by atoms with Crippen LogP contribution in [0.2, 0.25) is 15.1 Å². The summed E-state index contributed by atoms with van der Waals surface area (Å²) in [7, 11) is 0. The number of nitrogens with zero attached hydrogens (tertiary/aromatic N) is 2. The van der Waals surface area contributed by atoms with Crippen molar-refractivity contribution in [1.29, 1.82) is 0 Å². The number of hydrazone groups is 1. The summed E-state index contributed by atoms with van der Waals surface area (Å²) < 4.78 is 19.7. The molecule has 3 aromatic carbocycles. The number of ether oxygens (including phenoxy) is 1. The predicted molar refractivity (Wildman–Crippen MR) is 113 cm³/mol. The van der Waals surface area contributed by atoms with Gasteiger partial charge in [-0.1, -0.05) is 59.1 Å². The maximum absolute atomic E-state index is 13.5. The number of hydrogen-bond acceptors (Lipinski definition) is 3. The lowest BCUT2D eigenvalue weighted by Crippen LogP contribution is -2.33. The van der Waals surface area contributed by atoms with Crippen molar-refractivity contribution in [3.8, 4) is 5.75 Å². The maximum atomic E-state index is 13.5. The first-order valence-corrected chi connectivity index (χ1v) is 10.2. The van der Waals surface area contributed by atoms with Crippen LogP contribution in [0.25, 0.3) is 0 Å². The molecule has 0 radical (unpaired) electrons. The number of fused-ring (bicyclic) bond motifs is 3. The zero-order valence-corrected chi connectivity index (χ0v) is 17.2. The van der Waals surface area contributed by atoms with Gasteiger partial charge in [-0.25, -0.2) is 9.40 Å². The van der Waals surface area contributed by atoms with Gasteiger partial charge in [-0.3, -0.25) is 0 Å². The van der Waals surface area contributed by atoms with Gasteiger partial charge in [0.2, 0.25) is 6.23 Å². The van der Waals surface area contributed by atoms with Gasteiger partial charge in [-0.2, -0.15) is 5.10 Å². The molecule has 2 heterocycles. The fourth-order valence-corrected chi connectivity index (χ4v) is 4.46. The molecule has 0 bridgehead atoms. The molecule has 5 rings (SSSR count). The minimum atomic E-state index is -0.531. The van der Waals surface area contributed by atoms with E-state index in [-0.39, 0.29) is 11.9 Å². The van der Waals surface area contributed by atoms with Gasteiger partial charge in [0, 0.05) is 27.6 Å². The lowest BCUT2D eigenvalue weighted by molar-refractivity contribution is -0.0189. The van der Waals surface area contributed by atoms with Crippen molar-refractivity contribution >= 4 is 40.5 Å². The summed E-state index contributed by atoms with van der Waals surface area (Å²) in [5, 5.41) is 8.40. The molecule has 0 fully saturated rings. The largest absolute Gasteiger partial charge is 0.463 e. The van der Waals surface area contributed by atoms with E-state index >= 15 is 0 Å². The minimum absolute atomic E-state index is 0.101. The first kappa shape index (κ1) is 18.7. The third-order valence-corrected chi connectivity index (χ3v) is 5.89. The highest BCUT2D eigenvalue weighted by atomic mass is 35.5. The van der Waals surface area contributed by atoms with Gasteiger partial charge in [0.05, 0.1) is 16.8 Å². The molecule has 146 valence electrons. The second-order valence-corrected chi connectivity index (χ2v) is 8.26. The second-order valence-electron chi connectivity index (χ2n) is 6.98. The van der Waals surface area contributed by atoms with Gasteiger partial charge in [0.25, 0.3) is 0 Å². The monoisotopic (exact) mass is 446 g/mol. The molecule has 2 aliphatic rings. The van der Waals surface area contributed by atoms with Crippen molar-refractivity contribution in [2.24, 2.45) is 5.10 Å². The zero-order valence-electron chi connectivity index (χ0n) is 14.9. The predicted octanol–water partition coefficient (Wildman–Crippen LogP) is 7.03. The molecule has 0 spiro atoms. The third-order valence-electron chi connectivity index (χ3n) is 5.14. The van der Waals surface area contributed by atoms with E-state index in [1.165, 1.54) is 12.1 Å². The lowest BCUT2D eigenvalue weighted by atomic mass is 9.96. The Morgan fingerprint density at radius 3 is 2.38 bits per heavy atom. The molecule has 29 heavy (non-hydrogen) atoms. The zero-order chi connectivity index (χ0) is 20.1. The third kappa shape index (κ3) is 3.35. The summed E-state index contributed by atoms with van der Waals surface area (Å²) in [6.07, 6.45) is 0.128. The van der Waals surface area contributed by atoms with Crippen molar-refractivity contribution in [1.82, 2.24) is 5.01 Å². The van der Waals surface area contributed by atoms with E-state index in [0.717, 1.165) is 22.4 Å². The highest BCUT2D eigenvalue weighted by Crippen LogP contribution is 2.50. The Kier molecular flexibility index (Phi) is 4.66. The first-order chi connectivity index (χ1) is 14.0. The molecule has 0 aromatic heterocycles. The van der Waals surface area contributed by atoms with Crippen LogP contribution in [0.1, 0.15) is 35.4 Å². The van der Waals surface area contributed by atoms with Crippen LogP contribution < -0.4 is 4.74 Å². The molecule has 0 unspecified atom stereocenters. The van der Waals surface area contributed by atoms with Crippen LogP contribution >= 0.6 is 34.8 Å². The highest BCUT2D eigenvalue weighted by molar-refractivity contribution is 6.35. The van der Waals surface area contributed by atoms with E-state index in [2.05, 4.69) is 0 Å². The van der Waals surface area contributed by atoms with Crippen LogP contribution in [0.3, 0.4) is 0 Å². The van der Waals surface area contributed by atoms with Crippen LogP contribution in [-0.2, 0) is 0 Å². The van der Waals surface area contributed by atoms with Gasteiger partial charge in [-0.15, -0.1) is 0 Å². The summed E-state index contributed by atoms with van der Waals surface area (Å²) in [5.41, 5.74) is 3.56. The Morgan fingerprint density at radius 1 is 0.931 bits per heavy atom. The Balaban J connectivity index is 1.62. The van der Waals surface area contributed by atoms with Crippen molar-refractivity contribution in [2.75, 3.05) is 0 Å². The molecule has 0 saturated carbocycles. The van der Waals surface area contributed by atoms with Gasteiger partial charge < -0.3 is 4.74 Å². The molecular formula is C22H14Cl3FN2O. The Morgan fingerprint density at radius 2 is 1.66 bits per heavy atom. The Bertz CT molecular complexity index is 1120. The van der Waals surface area contributed by atoms with E-state index < -0.39 is 6.23 Å². The van der Waals surface area contributed by atoms with E-state index in [0.29, 0.717) is 27.2 Å². The topological polar surface area (TPSA) is 24.8 Å². The number of hydrogen-bond donors (Lipinski definition) is 0. The quantitative estimate of drug-likeness (QED) is 0.421. The normalized spacial score (nSPS) is 20.0. The molecule has 0 amide bonds. The lowest BCUT2D eigenvalue weighted by Gasteiger charge is -2.38. The Hall–Kier alpha value is -2.27. The minimum Gasteiger partial charge on any atom is -0.463 e. The van der Waals surface area contributed by atoms with Crippen LogP contribution in [0.4, 0.5) is 4.39 Å². The van der Waals surface area contributed by atoms with Gasteiger partial charge in [0.1, 0.15) is 11.6 Å².